The molecule has 0 aliphatic carbocycles. The summed E-state index contributed by atoms with van der Waals surface area (Å²) in [6, 6.07) is 1.76. The first-order valence-electron chi connectivity index (χ1n) is 9.69. The molecular weight excluding hydrogens is 393 g/mol. The summed E-state index contributed by atoms with van der Waals surface area (Å²) in [4.78, 5) is 25.9. The second-order valence-electron chi connectivity index (χ2n) is 7.73. The van der Waals surface area contributed by atoms with Crippen molar-refractivity contribution in [1.82, 2.24) is 9.80 Å². The third kappa shape index (κ3) is 5.72. The number of piperidine rings is 1. The molecule has 10 heteroatoms. The van der Waals surface area contributed by atoms with Crippen molar-refractivity contribution < 1.29 is 37.0 Å². The van der Waals surface area contributed by atoms with Crippen LogP contribution in [0.25, 0.3) is 0 Å². The highest BCUT2D eigenvalue weighted by Gasteiger charge is 2.40. The number of carboxylic acid groups (broad SMARTS) is 1. The highest BCUT2D eigenvalue weighted by Crippen LogP contribution is 2.32. The Morgan fingerprint density at radius 1 is 1.17 bits per heavy atom. The normalized spacial score (nSPS) is 27.3. The average Bonchev–Trinajstić information content (AvgIpc) is 3.42. The second kappa shape index (κ2) is 9.17. The third-order valence-corrected chi connectivity index (χ3v) is 5.67. The van der Waals surface area contributed by atoms with Gasteiger partial charge in [0.05, 0.1) is 17.9 Å². The summed E-state index contributed by atoms with van der Waals surface area (Å²) >= 11 is 0. The Morgan fingerprint density at radius 3 is 2.48 bits per heavy atom. The number of likely N-dealkylation sites (tertiary alicyclic amines) is 2. The summed E-state index contributed by atoms with van der Waals surface area (Å²) < 4.78 is 42.5. The van der Waals surface area contributed by atoms with Crippen molar-refractivity contribution in [3.05, 3.63) is 24.2 Å². The van der Waals surface area contributed by atoms with Crippen LogP contribution in [-0.2, 0) is 9.53 Å². The van der Waals surface area contributed by atoms with E-state index in [-0.39, 0.29) is 5.91 Å². The van der Waals surface area contributed by atoms with E-state index in [2.05, 4.69) is 4.90 Å². The number of amides is 1. The van der Waals surface area contributed by atoms with Gasteiger partial charge in [-0.05, 0) is 43.7 Å². The molecule has 1 aromatic rings. The molecular formula is C19H25F3N2O5. The molecule has 4 rings (SSSR count). The van der Waals surface area contributed by atoms with E-state index >= 15 is 0 Å². The number of hydrogen-bond acceptors (Lipinski definition) is 5. The lowest BCUT2D eigenvalue weighted by Gasteiger charge is -2.35. The number of ether oxygens (including phenoxy) is 1. The number of fused-ring (bicyclic) bond motifs is 1. The minimum atomic E-state index is -5.08. The van der Waals surface area contributed by atoms with Crippen LogP contribution in [0.5, 0.6) is 0 Å². The molecule has 1 aromatic heterocycles. The Bertz CT molecular complexity index is 689. The van der Waals surface area contributed by atoms with Gasteiger partial charge in [-0.25, -0.2) is 4.79 Å². The fraction of sp³-hybridized carbons (Fsp3) is 0.684. The van der Waals surface area contributed by atoms with Crippen LogP contribution >= 0.6 is 0 Å². The largest absolute Gasteiger partial charge is 0.490 e. The number of carbonyl (C=O) groups excluding carboxylic acids is 1. The van der Waals surface area contributed by atoms with E-state index in [1.807, 2.05) is 4.90 Å². The van der Waals surface area contributed by atoms with Gasteiger partial charge in [-0.1, -0.05) is 0 Å². The van der Waals surface area contributed by atoms with Gasteiger partial charge in [-0.2, -0.15) is 13.2 Å². The fourth-order valence-electron chi connectivity index (χ4n) is 4.22. The maximum atomic E-state index is 12.4. The zero-order valence-corrected chi connectivity index (χ0v) is 15.9. The van der Waals surface area contributed by atoms with Gasteiger partial charge in [0.15, 0.2) is 0 Å². The van der Waals surface area contributed by atoms with Gasteiger partial charge in [0, 0.05) is 32.8 Å². The number of nitrogens with zero attached hydrogens (tertiary/aromatic N) is 2. The molecule has 1 amide bonds. The molecule has 1 unspecified atom stereocenters. The van der Waals surface area contributed by atoms with Crippen molar-refractivity contribution >= 4 is 11.9 Å². The van der Waals surface area contributed by atoms with Crippen molar-refractivity contribution in [2.45, 2.75) is 31.5 Å². The summed E-state index contributed by atoms with van der Waals surface area (Å²) in [6.07, 6.45) is 2.08. The first-order valence-corrected chi connectivity index (χ1v) is 9.69. The summed E-state index contributed by atoms with van der Waals surface area (Å²) in [7, 11) is 0. The van der Waals surface area contributed by atoms with Crippen LogP contribution in [0.4, 0.5) is 13.2 Å². The lowest BCUT2D eigenvalue weighted by Crippen LogP contribution is -2.43. The van der Waals surface area contributed by atoms with Gasteiger partial charge < -0.3 is 24.1 Å². The quantitative estimate of drug-likeness (QED) is 0.812. The Kier molecular flexibility index (Phi) is 6.84. The molecule has 0 spiro atoms. The maximum Gasteiger partial charge on any atom is 0.490 e. The van der Waals surface area contributed by atoms with Crippen LogP contribution < -0.4 is 0 Å². The monoisotopic (exact) mass is 418 g/mol. The number of rotatable bonds is 3. The fourth-order valence-corrected chi connectivity index (χ4v) is 4.22. The number of hydrogen-bond donors (Lipinski definition) is 1. The van der Waals surface area contributed by atoms with E-state index in [0.717, 1.165) is 39.3 Å². The van der Waals surface area contributed by atoms with Crippen LogP contribution in [0.15, 0.2) is 23.0 Å². The number of alkyl halides is 3. The lowest BCUT2D eigenvalue weighted by molar-refractivity contribution is -0.192. The molecule has 0 aromatic carbocycles. The minimum Gasteiger partial charge on any atom is -0.475 e. The molecule has 3 aliphatic heterocycles. The number of halogens is 3. The predicted octanol–water partition coefficient (Wildman–Crippen LogP) is 2.49. The molecule has 0 radical (unpaired) electrons. The van der Waals surface area contributed by atoms with Crippen molar-refractivity contribution in [3.63, 3.8) is 0 Å². The third-order valence-electron chi connectivity index (χ3n) is 5.67. The SMILES string of the molecule is O=C(O)C(F)(F)F.O=C(c1ccoc1)N1C[C@H]2CN(CC3CCCO3)CC[C@H]2C1. The molecule has 1 N–H and O–H groups in total. The minimum absolute atomic E-state index is 0.119. The van der Waals surface area contributed by atoms with Crippen molar-refractivity contribution in [2.75, 3.05) is 39.3 Å². The first-order chi connectivity index (χ1) is 13.7. The molecule has 0 bridgehead atoms. The van der Waals surface area contributed by atoms with E-state index in [9.17, 15) is 18.0 Å². The Labute approximate surface area is 166 Å². The van der Waals surface area contributed by atoms with Gasteiger partial charge in [0.2, 0.25) is 0 Å². The Balaban J connectivity index is 0.000000298. The lowest BCUT2D eigenvalue weighted by atomic mass is 9.88. The topological polar surface area (TPSA) is 83.2 Å². The van der Waals surface area contributed by atoms with Crippen LogP contribution in [-0.4, -0.2) is 78.4 Å². The molecule has 7 nitrogen and oxygen atoms in total. The van der Waals surface area contributed by atoms with Crippen LogP contribution in [0, 0.1) is 11.8 Å². The molecule has 0 saturated carbocycles. The summed E-state index contributed by atoms with van der Waals surface area (Å²) in [5, 5.41) is 7.12. The van der Waals surface area contributed by atoms with E-state index in [1.165, 1.54) is 19.3 Å². The number of carboxylic acids is 1. The van der Waals surface area contributed by atoms with Crippen LogP contribution in [0.2, 0.25) is 0 Å². The van der Waals surface area contributed by atoms with Gasteiger partial charge >= 0.3 is 12.1 Å². The summed E-state index contributed by atoms with van der Waals surface area (Å²) in [5.41, 5.74) is 0.676. The molecule has 3 saturated heterocycles. The zero-order chi connectivity index (χ0) is 21.0. The maximum absolute atomic E-state index is 12.4. The van der Waals surface area contributed by atoms with E-state index in [4.69, 9.17) is 19.1 Å². The molecule has 4 heterocycles. The average molecular weight is 418 g/mol. The molecule has 29 heavy (non-hydrogen) atoms. The summed E-state index contributed by atoms with van der Waals surface area (Å²) in [6.45, 7) is 6.05. The van der Waals surface area contributed by atoms with Crippen LogP contribution in [0.3, 0.4) is 0 Å². The van der Waals surface area contributed by atoms with Crippen molar-refractivity contribution in [3.8, 4) is 0 Å². The second-order valence-corrected chi connectivity index (χ2v) is 7.73. The van der Waals surface area contributed by atoms with Gasteiger partial charge in [0.25, 0.3) is 5.91 Å². The van der Waals surface area contributed by atoms with Gasteiger partial charge in [-0.3, -0.25) is 4.79 Å². The number of furan rings is 1. The molecule has 3 aliphatic rings. The predicted molar refractivity (Wildman–Crippen MR) is 95.3 cm³/mol. The first kappa shape index (κ1) is 21.6. The number of aliphatic carboxylic acids is 1. The molecule has 3 atom stereocenters. The van der Waals surface area contributed by atoms with E-state index < -0.39 is 12.1 Å². The van der Waals surface area contributed by atoms with Crippen LogP contribution in [0.1, 0.15) is 29.6 Å². The van der Waals surface area contributed by atoms with Crippen molar-refractivity contribution in [1.29, 1.82) is 0 Å². The zero-order valence-electron chi connectivity index (χ0n) is 15.9. The highest BCUT2D eigenvalue weighted by atomic mass is 19.4. The van der Waals surface area contributed by atoms with E-state index in [0.29, 0.717) is 23.5 Å². The van der Waals surface area contributed by atoms with E-state index in [1.54, 1.807) is 18.6 Å². The number of carbonyl (C=O) groups is 2. The smallest absolute Gasteiger partial charge is 0.475 e. The molecule has 3 fully saturated rings. The Morgan fingerprint density at radius 2 is 1.90 bits per heavy atom. The Hall–Kier alpha value is -2.07. The summed E-state index contributed by atoms with van der Waals surface area (Å²) in [5.74, 6) is -1.36. The molecule has 162 valence electrons. The van der Waals surface area contributed by atoms with Crippen molar-refractivity contribution in [2.24, 2.45) is 11.8 Å². The standard InChI is InChI=1S/C17H24N2O3.C2HF3O2/c20-17(14-4-7-21-12-14)19-9-13-3-5-18(8-15(13)10-19)11-16-2-1-6-22-16;3-2(4,5)1(6)7/h4,7,12-13,15-16H,1-3,5-6,8-11H2;(H,6,7)/t13-,15+,16?;/m0./s1. The highest BCUT2D eigenvalue weighted by molar-refractivity contribution is 5.94. The van der Waals surface area contributed by atoms with Gasteiger partial charge in [0.1, 0.15) is 6.26 Å². The van der Waals surface area contributed by atoms with Gasteiger partial charge in [-0.15, -0.1) is 0 Å².